The molecule has 0 aliphatic heterocycles. The molecule has 0 spiro atoms. The van der Waals surface area contributed by atoms with E-state index in [0.717, 1.165) is 5.69 Å². The Kier molecular flexibility index (Phi) is 3.58. The van der Waals surface area contributed by atoms with Crippen LogP contribution in [0.2, 0.25) is 10.0 Å². The van der Waals surface area contributed by atoms with E-state index in [4.69, 9.17) is 23.2 Å². The molecule has 0 amide bonds. The van der Waals surface area contributed by atoms with Crippen molar-refractivity contribution in [2.45, 2.75) is 6.54 Å². The second-order valence-electron chi connectivity index (χ2n) is 3.00. The minimum atomic E-state index is -0.607. The molecule has 7 heteroatoms. The third-order valence-corrected chi connectivity index (χ3v) is 2.97. The zero-order valence-corrected chi connectivity index (χ0v) is 10.2. The SMILES string of the molecule is Fc1c(Cl)cc(NCc2csnn2)cc1Cl. The van der Waals surface area contributed by atoms with Crippen LogP contribution in [0.3, 0.4) is 0 Å². The summed E-state index contributed by atoms with van der Waals surface area (Å²) in [5.74, 6) is -0.607. The molecule has 0 aliphatic rings. The molecule has 0 bridgehead atoms. The van der Waals surface area contributed by atoms with Gasteiger partial charge in [0.05, 0.1) is 22.3 Å². The van der Waals surface area contributed by atoms with Gasteiger partial charge in [-0.2, -0.15) is 0 Å². The van der Waals surface area contributed by atoms with Crippen LogP contribution in [0.1, 0.15) is 5.69 Å². The van der Waals surface area contributed by atoms with Crippen molar-refractivity contribution in [3.8, 4) is 0 Å². The van der Waals surface area contributed by atoms with E-state index < -0.39 is 5.82 Å². The summed E-state index contributed by atoms with van der Waals surface area (Å²) in [5.41, 5.74) is 1.45. The van der Waals surface area contributed by atoms with Crippen molar-refractivity contribution in [3.05, 3.63) is 39.1 Å². The van der Waals surface area contributed by atoms with Crippen LogP contribution in [0.15, 0.2) is 17.5 Å². The third kappa shape index (κ3) is 2.61. The van der Waals surface area contributed by atoms with E-state index in [0.29, 0.717) is 12.2 Å². The largest absolute Gasteiger partial charge is 0.379 e. The number of benzene rings is 1. The van der Waals surface area contributed by atoms with Gasteiger partial charge in [-0.15, -0.1) is 5.10 Å². The molecule has 1 aromatic heterocycles. The van der Waals surface area contributed by atoms with Crippen molar-refractivity contribution >= 4 is 40.4 Å². The second kappa shape index (κ2) is 4.95. The molecule has 0 saturated carbocycles. The van der Waals surface area contributed by atoms with Gasteiger partial charge in [-0.3, -0.25) is 0 Å². The molecule has 0 atom stereocenters. The van der Waals surface area contributed by atoms with Gasteiger partial charge in [-0.05, 0) is 23.7 Å². The van der Waals surface area contributed by atoms with E-state index >= 15 is 0 Å². The fraction of sp³-hybridized carbons (Fsp3) is 0.111. The van der Waals surface area contributed by atoms with Crippen molar-refractivity contribution in [2.75, 3.05) is 5.32 Å². The second-order valence-corrected chi connectivity index (χ2v) is 4.43. The van der Waals surface area contributed by atoms with Crippen LogP contribution >= 0.6 is 34.7 Å². The summed E-state index contributed by atoms with van der Waals surface area (Å²) in [4.78, 5) is 0. The summed E-state index contributed by atoms with van der Waals surface area (Å²) in [7, 11) is 0. The van der Waals surface area contributed by atoms with Crippen LogP contribution in [0.5, 0.6) is 0 Å². The first-order valence-corrected chi connectivity index (χ1v) is 5.90. The van der Waals surface area contributed by atoms with Crippen LogP contribution in [0.25, 0.3) is 0 Å². The zero-order valence-electron chi connectivity index (χ0n) is 7.88. The highest BCUT2D eigenvalue weighted by Gasteiger charge is 2.07. The Morgan fingerprint density at radius 1 is 1.31 bits per heavy atom. The van der Waals surface area contributed by atoms with E-state index in [1.54, 1.807) is 0 Å². The Balaban J connectivity index is 2.10. The van der Waals surface area contributed by atoms with Gasteiger partial charge in [0.25, 0.3) is 0 Å². The van der Waals surface area contributed by atoms with Gasteiger partial charge >= 0.3 is 0 Å². The summed E-state index contributed by atoms with van der Waals surface area (Å²) in [6, 6.07) is 2.95. The van der Waals surface area contributed by atoms with Crippen molar-refractivity contribution in [1.82, 2.24) is 9.59 Å². The summed E-state index contributed by atoms with van der Waals surface area (Å²) in [6.07, 6.45) is 0. The monoisotopic (exact) mass is 277 g/mol. The molecule has 1 aromatic carbocycles. The maximum Gasteiger partial charge on any atom is 0.160 e. The highest BCUT2D eigenvalue weighted by Crippen LogP contribution is 2.27. The van der Waals surface area contributed by atoms with Crippen LogP contribution in [-0.4, -0.2) is 9.59 Å². The van der Waals surface area contributed by atoms with Crippen molar-refractivity contribution in [2.24, 2.45) is 0 Å². The maximum absolute atomic E-state index is 13.1. The number of anilines is 1. The van der Waals surface area contributed by atoms with E-state index in [2.05, 4.69) is 14.9 Å². The molecule has 1 heterocycles. The number of hydrogen-bond acceptors (Lipinski definition) is 4. The van der Waals surface area contributed by atoms with E-state index in [1.807, 2.05) is 5.38 Å². The average Bonchev–Trinajstić information content (AvgIpc) is 2.75. The van der Waals surface area contributed by atoms with Gasteiger partial charge in [0.2, 0.25) is 0 Å². The van der Waals surface area contributed by atoms with Gasteiger partial charge in [0, 0.05) is 11.1 Å². The molecular weight excluding hydrogens is 272 g/mol. The van der Waals surface area contributed by atoms with Crippen molar-refractivity contribution in [1.29, 1.82) is 0 Å². The smallest absolute Gasteiger partial charge is 0.160 e. The van der Waals surface area contributed by atoms with Gasteiger partial charge in [0.1, 0.15) is 0 Å². The van der Waals surface area contributed by atoms with Gasteiger partial charge in [-0.1, -0.05) is 27.7 Å². The Morgan fingerprint density at radius 2 is 2.00 bits per heavy atom. The first kappa shape index (κ1) is 11.6. The summed E-state index contributed by atoms with van der Waals surface area (Å²) in [5, 5.41) is 8.69. The van der Waals surface area contributed by atoms with Gasteiger partial charge in [0.15, 0.2) is 5.82 Å². The third-order valence-electron chi connectivity index (χ3n) is 1.86. The number of nitrogens with zero attached hydrogens (tertiary/aromatic N) is 2. The molecule has 0 fully saturated rings. The summed E-state index contributed by atoms with van der Waals surface area (Å²) in [6.45, 7) is 0.495. The molecule has 16 heavy (non-hydrogen) atoms. The predicted octanol–water partition coefficient (Wildman–Crippen LogP) is 3.60. The van der Waals surface area contributed by atoms with Crippen molar-refractivity contribution < 1.29 is 4.39 Å². The first-order valence-electron chi connectivity index (χ1n) is 4.31. The van der Waals surface area contributed by atoms with Crippen LogP contribution in [-0.2, 0) is 6.54 Å². The number of nitrogens with one attached hydrogen (secondary N) is 1. The maximum atomic E-state index is 13.1. The number of aromatic nitrogens is 2. The standard InChI is InChI=1S/C9H6Cl2FN3S/c10-7-1-5(2-8(11)9(7)12)13-3-6-4-16-15-14-6/h1-2,4,13H,3H2. The van der Waals surface area contributed by atoms with E-state index in [1.165, 1.54) is 23.7 Å². The fourth-order valence-corrected chi connectivity index (χ4v) is 2.05. The summed E-state index contributed by atoms with van der Waals surface area (Å²) >= 11 is 12.6. The molecule has 1 N–H and O–H groups in total. The van der Waals surface area contributed by atoms with Gasteiger partial charge in [-0.25, -0.2) is 4.39 Å². The molecule has 0 aliphatic carbocycles. The van der Waals surface area contributed by atoms with Gasteiger partial charge < -0.3 is 5.32 Å². The van der Waals surface area contributed by atoms with E-state index in [9.17, 15) is 4.39 Å². The van der Waals surface area contributed by atoms with E-state index in [-0.39, 0.29) is 10.0 Å². The lowest BCUT2D eigenvalue weighted by Gasteiger charge is -2.06. The Bertz CT molecular complexity index is 466. The lowest BCUT2D eigenvalue weighted by Crippen LogP contribution is -2.00. The van der Waals surface area contributed by atoms with Crippen molar-refractivity contribution in [3.63, 3.8) is 0 Å². The first-order chi connectivity index (χ1) is 7.66. The summed E-state index contributed by atoms with van der Waals surface area (Å²) < 4.78 is 16.8. The minimum absolute atomic E-state index is 0.00796. The molecule has 0 radical (unpaired) electrons. The predicted molar refractivity (Wildman–Crippen MR) is 63.7 cm³/mol. The van der Waals surface area contributed by atoms with Crippen LogP contribution in [0.4, 0.5) is 10.1 Å². The number of halogens is 3. The highest BCUT2D eigenvalue weighted by molar-refractivity contribution is 7.03. The molecule has 2 rings (SSSR count). The number of rotatable bonds is 3. The fourth-order valence-electron chi connectivity index (χ4n) is 1.11. The molecule has 2 aromatic rings. The Labute approximate surface area is 105 Å². The topological polar surface area (TPSA) is 37.8 Å². The minimum Gasteiger partial charge on any atom is -0.379 e. The average molecular weight is 278 g/mol. The molecule has 0 unspecified atom stereocenters. The molecule has 3 nitrogen and oxygen atoms in total. The Hall–Kier alpha value is -0.910. The quantitative estimate of drug-likeness (QED) is 0.872. The molecule has 0 saturated heterocycles. The van der Waals surface area contributed by atoms with Crippen LogP contribution in [0, 0.1) is 5.82 Å². The van der Waals surface area contributed by atoms with Crippen LogP contribution < -0.4 is 5.32 Å². The molecule has 84 valence electrons. The highest BCUT2D eigenvalue weighted by atomic mass is 35.5. The normalized spacial score (nSPS) is 10.4. The Morgan fingerprint density at radius 3 is 2.56 bits per heavy atom. The lowest BCUT2D eigenvalue weighted by molar-refractivity contribution is 0.629. The number of hydrogen-bond donors (Lipinski definition) is 1. The molecular formula is C9H6Cl2FN3S. The lowest BCUT2D eigenvalue weighted by atomic mass is 10.3. The zero-order chi connectivity index (χ0) is 11.5.